The Morgan fingerprint density at radius 1 is 1.10 bits per heavy atom. The summed E-state index contributed by atoms with van der Waals surface area (Å²) in [4.78, 5) is 4.38. The van der Waals surface area contributed by atoms with Gasteiger partial charge in [0.15, 0.2) is 0 Å². The fourth-order valence-corrected chi connectivity index (χ4v) is 2.99. The highest BCUT2D eigenvalue weighted by Gasteiger charge is 2.22. The molecule has 2 nitrogen and oxygen atoms in total. The molecule has 0 amide bonds. The van der Waals surface area contributed by atoms with Crippen molar-refractivity contribution < 1.29 is 4.39 Å². The van der Waals surface area contributed by atoms with Crippen LogP contribution in [-0.2, 0) is 12.8 Å². The van der Waals surface area contributed by atoms with E-state index in [0.717, 1.165) is 48.1 Å². The van der Waals surface area contributed by atoms with Crippen LogP contribution in [0.15, 0.2) is 24.3 Å². The summed E-state index contributed by atoms with van der Waals surface area (Å²) in [5.41, 5.74) is 4.22. The molecule has 0 aliphatic heterocycles. The first-order chi connectivity index (χ1) is 9.70. The SMILES string of the molecule is N#Cc1c(Cl)nc(-c2ccc(F)cc2)c2c1CCCC2. The van der Waals surface area contributed by atoms with E-state index in [1.54, 1.807) is 12.1 Å². The zero-order valence-corrected chi connectivity index (χ0v) is 11.5. The van der Waals surface area contributed by atoms with Crippen LogP contribution >= 0.6 is 11.6 Å². The molecule has 100 valence electrons. The highest BCUT2D eigenvalue weighted by molar-refractivity contribution is 6.30. The van der Waals surface area contributed by atoms with Crippen LogP contribution in [0.5, 0.6) is 0 Å². The van der Waals surface area contributed by atoms with Crippen LogP contribution in [0.3, 0.4) is 0 Å². The first kappa shape index (κ1) is 13.1. The minimum Gasteiger partial charge on any atom is -0.234 e. The van der Waals surface area contributed by atoms with Crippen LogP contribution in [-0.4, -0.2) is 4.98 Å². The van der Waals surface area contributed by atoms with E-state index in [9.17, 15) is 9.65 Å². The zero-order valence-electron chi connectivity index (χ0n) is 10.8. The van der Waals surface area contributed by atoms with Gasteiger partial charge in [-0.1, -0.05) is 11.6 Å². The lowest BCUT2D eigenvalue weighted by molar-refractivity contribution is 0.628. The summed E-state index contributed by atoms with van der Waals surface area (Å²) >= 11 is 6.14. The third-order valence-electron chi connectivity index (χ3n) is 3.70. The largest absolute Gasteiger partial charge is 0.234 e. The molecule has 0 radical (unpaired) electrons. The number of hydrogen-bond acceptors (Lipinski definition) is 2. The van der Waals surface area contributed by atoms with Crippen molar-refractivity contribution in [3.63, 3.8) is 0 Å². The summed E-state index contributed by atoms with van der Waals surface area (Å²) in [7, 11) is 0. The fraction of sp³-hybridized carbons (Fsp3) is 0.250. The highest BCUT2D eigenvalue weighted by atomic mass is 35.5. The van der Waals surface area contributed by atoms with Crippen LogP contribution in [0, 0.1) is 17.1 Å². The maximum absolute atomic E-state index is 13.0. The maximum Gasteiger partial charge on any atom is 0.147 e. The maximum atomic E-state index is 13.0. The van der Waals surface area contributed by atoms with E-state index in [1.165, 1.54) is 12.1 Å². The average Bonchev–Trinajstić information content (AvgIpc) is 2.47. The molecule has 0 saturated heterocycles. The van der Waals surface area contributed by atoms with Crippen molar-refractivity contribution in [3.8, 4) is 17.3 Å². The molecule has 0 spiro atoms. The van der Waals surface area contributed by atoms with Gasteiger partial charge in [0.1, 0.15) is 17.0 Å². The van der Waals surface area contributed by atoms with Crippen LogP contribution in [0.2, 0.25) is 5.15 Å². The number of hydrogen-bond donors (Lipinski definition) is 0. The number of pyridine rings is 1. The molecule has 4 heteroatoms. The predicted octanol–water partition coefficient (Wildman–Crippen LogP) is 4.29. The number of fused-ring (bicyclic) bond motifs is 1. The topological polar surface area (TPSA) is 36.7 Å². The minimum atomic E-state index is -0.276. The Morgan fingerprint density at radius 3 is 2.40 bits per heavy atom. The molecule has 0 N–H and O–H groups in total. The molecule has 0 atom stereocenters. The summed E-state index contributed by atoms with van der Waals surface area (Å²) in [6, 6.07) is 8.39. The van der Waals surface area contributed by atoms with Crippen molar-refractivity contribution in [2.75, 3.05) is 0 Å². The van der Waals surface area contributed by atoms with Crippen molar-refractivity contribution >= 4 is 11.6 Å². The van der Waals surface area contributed by atoms with E-state index in [1.807, 2.05) is 0 Å². The van der Waals surface area contributed by atoms with Gasteiger partial charge in [-0.2, -0.15) is 5.26 Å². The number of benzene rings is 1. The number of aromatic nitrogens is 1. The molecule has 2 aromatic rings. The van der Waals surface area contributed by atoms with Crippen LogP contribution in [0.1, 0.15) is 29.5 Å². The van der Waals surface area contributed by atoms with Crippen molar-refractivity contribution in [3.05, 3.63) is 51.9 Å². The van der Waals surface area contributed by atoms with E-state index in [2.05, 4.69) is 11.1 Å². The van der Waals surface area contributed by atoms with Crippen LogP contribution < -0.4 is 0 Å². The van der Waals surface area contributed by atoms with Crippen molar-refractivity contribution in [2.24, 2.45) is 0 Å². The third-order valence-corrected chi connectivity index (χ3v) is 3.97. The van der Waals surface area contributed by atoms with E-state index >= 15 is 0 Å². The Balaban J connectivity index is 2.24. The van der Waals surface area contributed by atoms with Crippen LogP contribution in [0.4, 0.5) is 4.39 Å². The summed E-state index contributed by atoms with van der Waals surface area (Å²) in [5, 5.41) is 9.49. The Bertz CT molecular complexity index is 702. The molecular formula is C16H12ClFN2. The number of nitriles is 1. The first-order valence-electron chi connectivity index (χ1n) is 6.58. The molecule has 3 rings (SSSR count). The molecule has 1 aromatic carbocycles. The van der Waals surface area contributed by atoms with Gasteiger partial charge in [0.05, 0.1) is 11.3 Å². The van der Waals surface area contributed by atoms with Gasteiger partial charge in [0.25, 0.3) is 0 Å². The Kier molecular flexibility index (Phi) is 3.42. The summed E-state index contributed by atoms with van der Waals surface area (Å²) < 4.78 is 13.0. The molecule has 0 saturated carbocycles. The summed E-state index contributed by atoms with van der Waals surface area (Å²) in [6.07, 6.45) is 3.88. The molecular weight excluding hydrogens is 275 g/mol. The van der Waals surface area contributed by atoms with Crippen molar-refractivity contribution in [2.45, 2.75) is 25.7 Å². The first-order valence-corrected chi connectivity index (χ1v) is 6.96. The lowest BCUT2D eigenvalue weighted by Gasteiger charge is -2.20. The van der Waals surface area contributed by atoms with Crippen LogP contribution in [0.25, 0.3) is 11.3 Å². The second-order valence-electron chi connectivity index (χ2n) is 4.91. The van der Waals surface area contributed by atoms with Gasteiger partial charge in [-0.3, -0.25) is 0 Å². The Morgan fingerprint density at radius 2 is 1.75 bits per heavy atom. The Labute approximate surface area is 121 Å². The average molecular weight is 287 g/mol. The molecule has 0 fully saturated rings. The second kappa shape index (κ2) is 5.22. The molecule has 1 aliphatic carbocycles. The molecule has 1 aliphatic rings. The fourth-order valence-electron chi connectivity index (χ4n) is 2.75. The van der Waals surface area contributed by atoms with Gasteiger partial charge >= 0.3 is 0 Å². The summed E-state index contributed by atoms with van der Waals surface area (Å²) in [5.74, 6) is -0.276. The monoisotopic (exact) mass is 286 g/mol. The highest BCUT2D eigenvalue weighted by Crippen LogP contribution is 2.35. The smallest absolute Gasteiger partial charge is 0.147 e. The molecule has 0 bridgehead atoms. The van der Waals surface area contributed by atoms with Gasteiger partial charge in [0, 0.05) is 5.56 Å². The normalized spacial score (nSPS) is 13.7. The van der Waals surface area contributed by atoms with E-state index in [0.29, 0.717) is 5.56 Å². The lowest BCUT2D eigenvalue weighted by atomic mass is 9.86. The number of halogens is 2. The van der Waals surface area contributed by atoms with Gasteiger partial charge in [0.2, 0.25) is 0 Å². The molecule has 1 heterocycles. The lowest BCUT2D eigenvalue weighted by Crippen LogP contribution is -2.09. The Hall–Kier alpha value is -1.92. The van der Waals surface area contributed by atoms with Gasteiger partial charge < -0.3 is 0 Å². The predicted molar refractivity (Wildman–Crippen MR) is 76.0 cm³/mol. The number of nitrogens with zero attached hydrogens (tertiary/aromatic N) is 2. The molecule has 20 heavy (non-hydrogen) atoms. The third kappa shape index (κ3) is 2.17. The summed E-state index contributed by atoms with van der Waals surface area (Å²) in [6.45, 7) is 0. The minimum absolute atomic E-state index is 0.243. The molecule has 0 unspecified atom stereocenters. The van der Waals surface area contributed by atoms with E-state index in [-0.39, 0.29) is 11.0 Å². The molecule has 1 aromatic heterocycles. The quantitative estimate of drug-likeness (QED) is 0.733. The van der Waals surface area contributed by atoms with Gasteiger partial charge in [-0.05, 0) is 61.1 Å². The number of rotatable bonds is 1. The van der Waals surface area contributed by atoms with Gasteiger partial charge in [-0.25, -0.2) is 9.37 Å². The second-order valence-corrected chi connectivity index (χ2v) is 5.27. The van der Waals surface area contributed by atoms with E-state index < -0.39 is 0 Å². The van der Waals surface area contributed by atoms with E-state index in [4.69, 9.17) is 11.6 Å². The standard InChI is InChI=1S/C16H12ClFN2/c17-16-14(9-19)12-3-1-2-4-13(12)15(20-16)10-5-7-11(18)8-6-10/h5-8H,1-4H2. The van der Waals surface area contributed by atoms with Crippen molar-refractivity contribution in [1.82, 2.24) is 4.98 Å². The zero-order chi connectivity index (χ0) is 14.1. The van der Waals surface area contributed by atoms with Gasteiger partial charge in [-0.15, -0.1) is 0 Å². The van der Waals surface area contributed by atoms with Crippen molar-refractivity contribution in [1.29, 1.82) is 5.26 Å².